The van der Waals surface area contributed by atoms with Gasteiger partial charge in [-0.05, 0) is 25.7 Å². The third kappa shape index (κ3) is 16.1. The molecule has 5 heteroatoms. The Morgan fingerprint density at radius 2 is 1.31 bits per heavy atom. The molecular weight excluding hydrogens is 332 g/mol. The molecule has 0 aliphatic heterocycles. The number of allylic oxidation sites excluding steroid dienone is 1. The van der Waals surface area contributed by atoms with Crippen LogP contribution in [0.15, 0.2) is 12.7 Å². The van der Waals surface area contributed by atoms with Gasteiger partial charge in [0.1, 0.15) is 12.2 Å². The lowest BCUT2D eigenvalue weighted by atomic mass is 10.0. The van der Waals surface area contributed by atoms with E-state index in [0.29, 0.717) is 6.42 Å². The molecule has 0 aliphatic carbocycles. The molecule has 1 N–H and O–H groups in total. The summed E-state index contributed by atoms with van der Waals surface area (Å²) in [5, 5.41) is 9.30. The second-order valence-corrected chi connectivity index (χ2v) is 6.93. The van der Waals surface area contributed by atoms with Crippen molar-refractivity contribution in [1.29, 1.82) is 0 Å². The first-order valence-corrected chi connectivity index (χ1v) is 10.1. The van der Waals surface area contributed by atoms with E-state index in [4.69, 9.17) is 9.47 Å². The molecule has 0 rings (SSSR count). The number of unbranched alkanes of at least 4 members (excludes halogenated alkanes) is 9. The van der Waals surface area contributed by atoms with Gasteiger partial charge in [0.05, 0.1) is 6.61 Å². The van der Waals surface area contributed by atoms with E-state index >= 15 is 0 Å². The second-order valence-electron chi connectivity index (χ2n) is 6.93. The highest BCUT2D eigenvalue weighted by atomic mass is 16.6. The van der Waals surface area contributed by atoms with E-state index in [0.717, 1.165) is 25.7 Å². The summed E-state index contributed by atoms with van der Waals surface area (Å²) in [6, 6.07) is 0. The van der Waals surface area contributed by atoms with Crippen LogP contribution in [-0.4, -0.2) is 35.9 Å². The van der Waals surface area contributed by atoms with Crippen molar-refractivity contribution in [2.45, 2.75) is 103 Å². The van der Waals surface area contributed by atoms with Crippen LogP contribution in [0.25, 0.3) is 0 Å². The van der Waals surface area contributed by atoms with Gasteiger partial charge in [0.2, 0.25) is 0 Å². The second kappa shape index (κ2) is 17.1. The molecule has 0 saturated carbocycles. The highest BCUT2D eigenvalue weighted by Crippen LogP contribution is 2.16. The molecular formula is C21H38O5. The molecule has 0 radical (unpaired) electrons. The number of hydrogen-bond acceptors (Lipinski definition) is 5. The van der Waals surface area contributed by atoms with Gasteiger partial charge < -0.3 is 14.6 Å². The molecule has 0 saturated heterocycles. The van der Waals surface area contributed by atoms with Crippen LogP contribution in [0.1, 0.15) is 90.9 Å². The number of hydrogen-bond donors (Lipinski definition) is 1. The minimum atomic E-state index is -0.613. The van der Waals surface area contributed by atoms with Gasteiger partial charge in [-0.3, -0.25) is 9.59 Å². The predicted octanol–water partition coefficient (Wildman–Crippen LogP) is 4.71. The van der Waals surface area contributed by atoms with Gasteiger partial charge in [0.15, 0.2) is 0 Å². The van der Waals surface area contributed by atoms with Crippen LogP contribution < -0.4 is 0 Å². The highest BCUT2D eigenvalue weighted by molar-refractivity contribution is 5.66. The number of esters is 2. The minimum Gasteiger partial charge on any atom is -0.462 e. The van der Waals surface area contributed by atoms with Crippen molar-refractivity contribution in [3.8, 4) is 0 Å². The summed E-state index contributed by atoms with van der Waals surface area (Å²) in [4.78, 5) is 22.3. The van der Waals surface area contributed by atoms with Crippen molar-refractivity contribution in [3.63, 3.8) is 0 Å². The van der Waals surface area contributed by atoms with E-state index in [2.05, 4.69) is 6.58 Å². The maximum absolute atomic E-state index is 11.2. The lowest BCUT2D eigenvalue weighted by molar-refractivity contribution is -0.154. The summed E-state index contributed by atoms with van der Waals surface area (Å²) in [6.45, 7) is 6.16. The quantitative estimate of drug-likeness (QED) is 0.228. The monoisotopic (exact) mass is 370 g/mol. The summed E-state index contributed by atoms with van der Waals surface area (Å²) < 4.78 is 10.3. The van der Waals surface area contributed by atoms with E-state index in [-0.39, 0.29) is 18.7 Å². The Balaban J connectivity index is 3.84. The van der Waals surface area contributed by atoms with Crippen LogP contribution >= 0.6 is 0 Å². The SMILES string of the molecule is C=CCCCCCCCCCCC[C@H](C[C@H](CO)OC(C)=O)OC(C)=O. The van der Waals surface area contributed by atoms with Gasteiger partial charge in [0, 0.05) is 20.3 Å². The maximum atomic E-state index is 11.2. The maximum Gasteiger partial charge on any atom is 0.302 e. The highest BCUT2D eigenvalue weighted by Gasteiger charge is 2.20. The number of rotatable bonds is 17. The zero-order valence-electron chi connectivity index (χ0n) is 16.7. The van der Waals surface area contributed by atoms with Crippen LogP contribution in [-0.2, 0) is 19.1 Å². The fourth-order valence-corrected chi connectivity index (χ4v) is 3.05. The summed E-state index contributed by atoms with van der Waals surface area (Å²) in [5.41, 5.74) is 0. The third-order valence-corrected chi connectivity index (χ3v) is 4.33. The van der Waals surface area contributed by atoms with Crippen molar-refractivity contribution >= 4 is 11.9 Å². The Hall–Kier alpha value is -1.36. The number of ether oxygens (including phenoxy) is 2. The molecule has 0 amide bonds. The standard InChI is InChI=1S/C21H38O5/c1-4-5-6-7-8-9-10-11-12-13-14-15-20(25-18(2)23)16-21(17-22)26-19(3)24/h4,20-22H,1,5-17H2,2-3H3/t20-,21-/m1/s1. The Morgan fingerprint density at radius 1 is 0.846 bits per heavy atom. The van der Waals surface area contributed by atoms with Crippen molar-refractivity contribution in [3.05, 3.63) is 12.7 Å². The molecule has 152 valence electrons. The van der Waals surface area contributed by atoms with Crippen molar-refractivity contribution < 1.29 is 24.2 Å². The lowest BCUT2D eigenvalue weighted by Gasteiger charge is -2.22. The zero-order chi connectivity index (χ0) is 19.6. The molecule has 0 spiro atoms. The molecule has 0 heterocycles. The molecule has 26 heavy (non-hydrogen) atoms. The van der Waals surface area contributed by atoms with Gasteiger partial charge in [0.25, 0.3) is 0 Å². The fourth-order valence-electron chi connectivity index (χ4n) is 3.05. The molecule has 5 nitrogen and oxygen atoms in total. The first-order chi connectivity index (χ1) is 12.5. The van der Waals surface area contributed by atoms with Crippen LogP contribution in [0.4, 0.5) is 0 Å². The molecule has 0 aromatic carbocycles. The van der Waals surface area contributed by atoms with Crippen LogP contribution in [0, 0.1) is 0 Å². The number of carbonyl (C=O) groups is 2. The third-order valence-electron chi connectivity index (χ3n) is 4.33. The average molecular weight is 371 g/mol. The molecule has 0 aliphatic rings. The van der Waals surface area contributed by atoms with E-state index in [1.54, 1.807) is 0 Å². The molecule has 0 aromatic heterocycles. The Morgan fingerprint density at radius 3 is 1.77 bits per heavy atom. The van der Waals surface area contributed by atoms with Gasteiger partial charge in [-0.1, -0.05) is 51.0 Å². The molecule has 2 atom stereocenters. The fraction of sp³-hybridized carbons (Fsp3) is 0.810. The minimum absolute atomic E-state index is 0.260. The number of aliphatic hydroxyl groups is 1. The average Bonchev–Trinajstić information content (AvgIpc) is 2.57. The molecule has 0 bridgehead atoms. The topological polar surface area (TPSA) is 72.8 Å². The number of carbonyl (C=O) groups excluding carboxylic acids is 2. The van der Waals surface area contributed by atoms with Crippen molar-refractivity contribution in [2.75, 3.05) is 6.61 Å². The Labute approximate surface area is 159 Å². The summed E-state index contributed by atoms with van der Waals surface area (Å²) in [5.74, 6) is -0.777. The van der Waals surface area contributed by atoms with Gasteiger partial charge in [-0.15, -0.1) is 6.58 Å². The summed E-state index contributed by atoms with van der Waals surface area (Å²) in [7, 11) is 0. The summed E-state index contributed by atoms with van der Waals surface area (Å²) in [6.07, 6.45) is 14.2. The lowest BCUT2D eigenvalue weighted by Crippen LogP contribution is -2.28. The van der Waals surface area contributed by atoms with Crippen LogP contribution in [0.2, 0.25) is 0 Å². The largest absolute Gasteiger partial charge is 0.462 e. The van der Waals surface area contributed by atoms with E-state index in [9.17, 15) is 14.7 Å². The first-order valence-electron chi connectivity index (χ1n) is 10.1. The number of aliphatic hydroxyl groups excluding tert-OH is 1. The van der Waals surface area contributed by atoms with Gasteiger partial charge >= 0.3 is 11.9 Å². The zero-order valence-corrected chi connectivity index (χ0v) is 16.7. The van der Waals surface area contributed by atoms with E-state index < -0.39 is 12.1 Å². The van der Waals surface area contributed by atoms with Crippen molar-refractivity contribution in [2.24, 2.45) is 0 Å². The first kappa shape index (κ1) is 24.6. The normalized spacial score (nSPS) is 13.0. The summed E-state index contributed by atoms with van der Waals surface area (Å²) >= 11 is 0. The predicted molar refractivity (Wildman–Crippen MR) is 104 cm³/mol. The smallest absolute Gasteiger partial charge is 0.302 e. The van der Waals surface area contributed by atoms with E-state index in [1.807, 2.05) is 6.08 Å². The van der Waals surface area contributed by atoms with Crippen LogP contribution in [0.3, 0.4) is 0 Å². The van der Waals surface area contributed by atoms with E-state index in [1.165, 1.54) is 58.8 Å². The molecule has 0 unspecified atom stereocenters. The molecule has 0 fully saturated rings. The Kier molecular flexibility index (Phi) is 16.2. The Bertz CT molecular complexity index is 381. The van der Waals surface area contributed by atoms with Gasteiger partial charge in [-0.25, -0.2) is 0 Å². The van der Waals surface area contributed by atoms with Crippen LogP contribution in [0.5, 0.6) is 0 Å². The molecule has 0 aromatic rings. The van der Waals surface area contributed by atoms with Crippen molar-refractivity contribution in [1.82, 2.24) is 0 Å². The van der Waals surface area contributed by atoms with Gasteiger partial charge in [-0.2, -0.15) is 0 Å².